The first-order chi connectivity index (χ1) is 10.7. The number of aromatic nitrogens is 1. The van der Waals surface area contributed by atoms with Crippen molar-refractivity contribution in [2.75, 3.05) is 13.7 Å². The molecule has 1 aromatic carbocycles. The number of methoxy groups -OCH3 is 1. The number of benzene rings is 1. The Bertz CT molecular complexity index is 605. The van der Waals surface area contributed by atoms with Crippen LogP contribution >= 0.6 is 11.6 Å². The molecule has 0 aliphatic carbocycles. The van der Waals surface area contributed by atoms with E-state index in [1.807, 2.05) is 42.5 Å². The fourth-order valence-corrected chi connectivity index (χ4v) is 2.33. The van der Waals surface area contributed by atoms with Crippen molar-refractivity contribution in [3.63, 3.8) is 0 Å². The summed E-state index contributed by atoms with van der Waals surface area (Å²) in [6, 6.07) is 13.1. The van der Waals surface area contributed by atoms with E-state index in [1.165, 1.54) is 0 Å². The lowest BCUT2D eigenvalue weighted by Crippen LogP contribution is -2.29. The van der Waals surface area contributed by atoms with E-state index in [0.717, 1.165) is 11.3 Å². The second-order valence-electron chi connectivity index (χ2n) is 4.90. The van der Waals surface area contributed by atoms with Crippen molar-refractivity contribution in [2.45, 2.75) is 18.9 Å². The van der Waals surface area contributed by atoms with E-state index in [2.05, 4.69) is 10.3 Å². The predicted molar refractivity (Wildman–Crippen MR) is 86.8 cm³/mol. The Morgan fingerprint density at radius 3 is 2.86 bits per heavy atom. The molecule has 0 bridgehead atoms. The van der Waals surface area contributed by atoms with E-state index in [0.29, 0.717) is 24.4 Å². The lowest BCUT2D eigenvalue weighted by Gasteiger charge is -2.16. The molecule has 4 nitrogen and oxygen atoms in total. The van der Waals surface area contributed by atoms with Crippen molar-refractivity contribution in [1.29, 1.82) is 0 Å². The number of rotatable bonds is 7. The van der Waals surface area contributed by atoms with Gasteiger partial charge in [-0.2, -0.15) is 0 Å². The number of hydrogen-bond acceptors (Lipinski definition) is 3. The maximum absolute atomic E-state index is 11.9. The zero-order valence-corrected chi connectivity index (χ0v) is 13.2. The van der Waals surface area contributed by atoms with Crippen molar-refractivity contribution in [3.8, 4) is 0 Å². The molecular weight excluding hydrogens is 300 g/mol. The molecule has 0 radical (unpaired) electrons. The number of amides is 1. The van der Waals surface area contributed by atoms with Crippen LogP contribution in [-0.2, 0) is 16.0 Å². The maximum atomic E-state index is 11.9. The van der Waals surface area contributed by atoms with Gasteiger partial charge < -0.3 is 10.1 Å². The Morgan fingerprint density at radius 2 is 2.18 bits per heavy atom. The standard InChI is InChI=1S/C17H19ClN2O2/c1-22-16(13-5-4-6-14(18)11-13)12-20-17(21)9-8-15-7-2-3-10-19-15/h2-7,10-11,16H,8-9,12H2,1H3,(H,20,21)/t16-/m0/s1. The summed E-state index contributed by atoms with van der Waals surface area (Å²) in [5, 5.41) is 3.54. The molecule has 0 aliphatic heterocycles. The van der Waals surface area contributed by atoms with Crippen molar-refractivity contribution >= 4 is 17.5 Å². The average Bonchev–Trinajstić information content (AvgIpc) is 2.54. The molecule has 0 saturated heterocycles. The van der Waals surface area contributed by atoms with Crippen molar-refractivity contribution in [3.05, 3.63) is 64.9 Å². The van der Waals surface area contributed by atoms with E-state index in [-0.39, 0.29) is 12.0 Å². The van der Waals surface area contributed by atoms with Crippen LogP contribution in [0.1, 0.15) is 23.8 Å². The molecule has 0 spiro atoms. The molecule has 0 saturated carbocycles. The quantitative estimate of drug-likeness (QED) is 0.853. The molecule has 22 heavy (non-hydrogen) atoms. The lowest BCUT2D eigenvalue weighted by atomic mass is 10.1. The molecule has 0 unspecified atom stereocenters. The Balaban J connectivity index is 1.81. The van der Waals surface area contributed by atoms with Crippen molar-refractivity contribution in [2.24, 2.45) is 0 Å². The lowest BCUT2D eigenvalue weighted by molar-refractivity contribution is -0.121. The number of ether oxygens (including phenoxy) is 1. The van der Waals surface area contributed by atoms with Gasteiger partial charge in [0.2, 0.25) is 5.91 Å². The van der Waals surface area contributed by atoms with Gasteiger partial charge in [-0.1, -0.05) is 29.8 Å². The summed E-state index contributed by atoms with van der Waals surface area (Å²) in [5.74, 6) is -0.0188. The zero-order valence-electron chi connectivity index (χ0n) is 12.5. The summed E-state index contributed by atoms with van der Waals surface area (Å²) < 4.78 is 5.42. The summed E-state index contributed by atoms with van der Waals surface area (Å²) >= 11 is 5.98. The summed E-state index contributed by atoms with van der Waals surface area (Å²) in [6.07, 6.45) is 2.55. The molecule has 1 amide bonds. The van der Waals surface area contributed by atoms with E-state index in [9.17, 15) is 4.79 Å². The third-order valence-corrected chi connectivity index (χ3v) is 3.56. The van der Waals surface area contributed by atoms with Crippen LogP contribution < -0.4 is 5.32 Å². The summed E-state index contributed by atoms with van der Waals surface area (Å²) in [4.78, 5) is 16.1. The number of hydrogen-bond donors (Lipinski definition) is 1. The molecule has 2 rings (SSSR count). The van der Waals surface area contributed by atoms with E-state index in [4.69, 9.17) is 16.3 Å². The number of carbonyl (C=O) groups excluding carboxylic acids is 1. The Kier molecular flexibility index (Phi) is 6.37. The molecule has 1 atom stereocenters. The number of aryl methyl sites for hydroxylation is 1. The average molecular weight is 319 g/mol. The highest BCUT2D eigenvalue weighted by molar-refractivity contribution is 6.30. The second-order valence-corrected chi connectivity index (χ2v) is 5.34. The predicted octanol–water partition coefficient (Wildman–Crippen LogP) is 3.17. The Hall–Kier alpha value is -1.91. The highest BCUT2D eigenvalue weighted by Crippen LogP contribution is 2.19. The van der Waals surface area contributed by atoms with Gasteiger partial charge in [-0.3, -0.25) is 9.78 Å². The smallest absolute Gasteiger partial charge is 0.220 e. The highest BCUT2D eigenvalue weighted by atomic mass is 35.5. The minimum Gasteiger partial charge on any atom is -0.375 e. The molecular formula is C17H19ClN2O2. The Labute approximate surface area is 135 Å². The van der Waals surface area contributed by atoms with Crippen LogP contribution in [-0.4, -0.2) is 24.5 Å². The molecule has 0 aliphatic rings. The van der Waals surface area contributed by atoms with E-state index >= 15 is 0 Å². The van der Waals surface area contributed by atoms with Crippen LogP contribution in [0.3, 0.4) is 0 Å². The zero-order chi connectivity index (χ0) is 15.8. The Morgan fingerprint density at radius 1 is 1.32 bits per heavy atom. The molecule has 1 heterocycles. The number of nitrogens with zero attached hydrogens (tertiary/aromatic N) is 1. The topological polar surface area (TPSA) is 51.2 Å². The van der Waals surface area contributed by atoms with Gasteiger partial charge in [-0.15, -0.1) is 0 Å². The van der Waals surface area contributed by atoms with Crippen LogP contribution in [0.15, 0.2) is 48.7 Å². The summed E-state index contributed by atoms with van der Waals surface area (Å²) in [7, 11) is 1.62. The van der Waals surface area contributed by atoms with Gasteiger partial charge in [-0.25, -0.2) is 0 Å². The molecule has 2 aromatic rings. The second kappa shape index (κ2) is 8.51. The third kappa shape index (κ3) is 5.13. The SMILES string of the molecule is CO[C@@H](CNC(=O)CCc1ccccn1)c1cccc(Cl)c1. The van der Waals surface area contributed by atoms with Gasteiger partial charge in [0.05, 0.1) is 6.10 Å². The third-order valence-electron chi connectivity index (χ3n) is 3.32. The van der Waals surface area contributed by atoms with Crippen molar-refractivity contribution < 1.29 is 9.53 Å². The van der Waals surface area contributed by atoms with Crippen LogP contribution in [0.5, 0.6) is 0 Å². The van der Waals surface area contributed by atoms with Gasteiger partial charge in [-0.05, 0) is 36.2 Å². The minimum atomic E-state index is -0.211. The van der Waals surface area contributed by atoms with Crippen LogP contribution in [0.4, 0.5) is 0 Å². The largest absolute Gasteiger partial charge is 0.375 e. The highest BCUT2D eigenvalue weighted by Gasteiger charge is 2.12. The van der Waals surface area contributed by atoms with E-state index < -0.39 is 0 Å². The number of halogens is 1. The van der Waals surface area contributed by atoms with Crippen molar-refractivity contribution in [1.82, 2.24) is 10.3 Å². The van der Waals surface area contributed by atoms with E-state index in [1.54, 1.807) is 13.3 Å². The summed E-state index contributed by atoms with van der Waals surface area (Å²) in [5.41, 5.74) is 1.86. The minimum absolute atomic E-state index is 0.0188. The van der Waals surface area contributed by atoms with Gasteiger partial charge in [0.25, 0.3) is 0 Å². The van der Waals surface area contributed by atoms with Gasteiger partial charge in [0, 0.05) is 37.0 Å². The fourth-order valence-electron chi connectivity index (χ4n) is 2.13. The normalized spacial score (nSPS) is 11.9. The molecule has 5 heteroatoms. The van der Waals surface area contributed by atoms with Gasteiger partial charge in [0.1, 0.15) is 0 Å². The first-order valence-electron chi connectivity index (χ1n) is 7.14. The number of carbonyl (C=O) groups is 1. The fraction of sp³-hybridized carbons (Fsp3) is 0.294. The number of pyridine rings is 1. The first-order valence-corrected chi connectivity index (χ1v) is 7.51. The monoisotopic (exact) mass is 318 g/mol. The molecule has 116 valence electrons. The number of nitrogens with one attached hydrogen (secondary N) is 1. The maximum Gasteiger partial charge on any atom is 0.220 e. The first kappa shape index (κ1) is 16.5. The van der Waals surface area contributed by atoms with Crippen LogP contribution in [0, 0.1) is 0 Å². The van der Waals surface area contributed by atoms with Crippen LogP contribution in [0.25, 0.3) is 0 Å². The molecule has 1 N–H and O–H groups in total. The molecule has 0 fully saturated rings. The summed E-state index contributed by atoms with van der Waals surface area (Å²) in [6.45, 7) is 0.415. The molecule has 1 aromatic heterocycles. The van der Waals surface area contributed by atoms with Gasteiger partial charge >= 0.3 is 0 Å². The van der Waals surface area contributed by atoms with Crippen LogP contribution in [0.2, 0.25) is 5.02 Å². The van der Waals surface area contributed by atoms with Gasteiger partial charge in [0.15, 0.2) is 0 Å².